The highest BCUT2D eigenvalue weighted by Crippen LogP contribution is 2.37. The number of phenolic OH excluding ortho intramolecular Hbond substituents is 1. The monoisotopic (exact) mass is 266 g/mol. The van der Waals surface area contributed by atoms with Gasteiger partial charge in [0.15, 0.2) is 0 Å². The Bertz CT molecular complexity index is 717. The molecule has 1 aliphatic rings. The van der Waals surface area contributed by atoms with Crippen molar-refractivity contribution >= 4 is 22.6 Å². The zero-order chi connectivity index (χ0) is 13.0. The van der Waals surface area contributed by atoms with Crippen molar-refractivity contribution in [2.75, 3.05) is 0 Å². The number of benzene rings is 1. The number of halogens is 1. The van der Waals surface area contributed by atoms with Crippen LogP contribution in [-0.4, -0.2) is 10.2 Å². The highest BCUT2D eigenvalue weighted by molar-refractivity contribution is 6.33. The summed E-state index contributed by atoms with van der Waals surface area (Å²) in [4.78, 5) is 12.3. The molecular weight excluding hydrogens is 256 g/mol. The van der Waals surface area contributed by atoms with Crippen molar-refractivity contribution in [3.63, 3.8) is 0 Å². The van der Waals surface area contributed by atoms with Gasteiger partial charge in [-0.25, -0.2) is 0 Å². The van der Waals surface area contributed by atoms with Gasteiger partial charge in [-0.15, -0.1) is 0 Å². The predicted molar refractivity (Wildman–Crippen MR) is 67.2 cm³/mol. The summed E-state index contributed by atoms with van der Waals surface area (Å²) in [6.07, 6.45) is 0.183. The Balaban J connectivity index is 2.51. The van der Waals surface area contributed by atoms with Gasteiger partial charge in [0.05, 0.1) is 16.7 Å². The molecule has 1 aliphatic carbocycles. The van der Waals surface area contributed by atoms with E-state index >= 15 is 0 Å². The van der Waals surface area contributed by atoms with E-state index in [9.17, 15) is 15.0 Å². The number of aromatic hydroxyl groups is 1. The second-order valence-electron chi connectivity index (χ2n) is 4.55. The number of hydrogen-bond donors (Lipinski definition) is 2. The predicted octanol–water partition coefficient (Wildman–Crippen LogP) is 2.44. The summed E-state index contributed by atoms with van der Waals surface area (Å²) in [5.74, 6) is 0.225. The Morgan fingerprint density at radius 2 is 2.22 bits per heavy atom. The van der Waals surface area contributed by atoms with Crippen LogP contribution in [0.15, 0.2) is 15.3 Å². The largest absolute Gasteiger partial charge is 0.505 e. The van der Waals surface area contributed by atoms with Crippen molar-refractivity contribution in [1.82, 2.24) is 0 Å². The van der Waals surface area contributed by atoms with Gasteiger partial charge in [0, 0.05) is 6.42 Å². The molecule has 0 saturated carbocycles. The Hall–Kier alpha value is -1.52. The van der Waals surface area contributed by atoms with E-state index in [2.05, 4.69) is 0 Å². The van der Waals surface area contributed by atoms with E-state index in [4.69, 9.17) is 16.0 Å². The molecule has 0 unspecified atom stereocenters. The number of aryl methyl sites for hydroxylation is 2. The van der Waals surface area contributed by atoms with E-state index in [0.29, 0.717) is 29.7 Å². The molecule has 0 radical (unpaired) electrons. The highest BCUT2D eigenvalue weighted by Gasteiger charge is 2.28. The minimum absolute atomic E-state index is 0.0466. The number of hydrogen-bond acceptors (Lipinski definition) is 4. The average molecular weight is 267 g/mol. The molecule has 0 fully saturated rings. The molecule has 0 saturated heterocycles. The molecule has 2 aromatic rings. The van der Waals surface area contributed by atoms with Gasteiger partial charge in [0.25, 0.3) is 0 Å². The van der Waals surface area contributed by atoms with Crippen molar-refractivity contribution in [2.24, 2.45) is 0 Å². The summed E-state index contributed by atoms with van der Waals surface area (Å²) in [5.41, 5.74) is 0.809. The first-order chi connectivity index (χ1) is 8.50. The lowest BCUT2D eigenvalue weighted by Crippen LogP contribution is -2.12. The van der Waals surface area contributed by atoms with Gasteiger partial charge in [0.1, 0.15) is 22.5 Å². The van der Waals surface area contributed by atoms with Gasteiger partial charge >= 0.3 is 0 Å². The smallest absolute Gasteiger partial charge is 0.202 e. The lowest BCUT2D eigenvalue weighted by Gasteiger charge is -2.08. The minimum Gasteiger partial charge on any atom is -0.505 e. The van der Waals surface area contributed by atoms with Crippen LogP contribution in [0.4, 0.5) is 0 Å². The number of fused-ring (bicyclic) bond motifs is 2. The Morgan fingerprint density at radius 3 is 2.94 bits per heavy atom. The molecule has 0 bridgehead atoms. The van der Waals surface area contributed by atoms with Crippen LogP contribution < -0.4 is 5.43 Å². The van der Waals surface area contributed by atoms with E-state index in [1.807, 2.05) is 0 Å². The third kappa shape index (κ3) is 1.39. The maximum Gasteiger partial charge on any atom is 0.202 e. The fraction of sp³-hybridized carbons (Fsp3) is 0.308. The van der Waals surface area contributed by atoms with Crippen LogP contribution in [0, 0.1) is 6.92 Å². The molecule has 4 nitrogen and oxygen atoms in total. The van der Waals surface area contributed by atoms with Crippen LogP contribution in [0.1, 0.15) is 29.4 Å². The van der Waals surface area contributed by atoms with Crippen molar-refractivity contribution in [1.29, 1.82) is 0 Å². The molecule has 0 amide bonds. The number of aliphatic hydroxyl groups is 1. The van der Waals surface area contributed by atoms with E-state index in [-0.39, 0.29) is 21.7 Å². The zero-order valence-electron chi connectivity index (χ0n) is 9.66. The summed E-state index contributed by atoms with van der Waals surface area (Å²) >= 11 is 5.92. The Kier molecular flexibility index (Phi) is 2.40. The summed E-state index contributed by atoms with van der Waals surface area (Å²) in [6.45, 7) is 1.73. The normalized spacial score (nSPS) is 18.3. The third-order valence-electron chi connectivity index (χ3n) is 3.37. The van der Waals surface area contributed by atoms with E-state index in [1.54, 1.807) is 13.0 Å². The van der Waals surface area contributed by atoms with Crippen LogP contribution >= 0.6 is 11.6 Å². The van der Waals surface area contributed by atoms with E-state index < -0.39 is 11.5 Å². The molecule has 0 aliphatic heterocycles. The van der Waals surface area contributed by atoms with Crippen molar-refractivity contribution < 1.29 is 14.6 Å². The summed E-state index contributed by atoms with van der Waals surface area (Å²) in [5, 5.41) is 19.9. The molecule has 3 rings (SSSR count). The summed E-state index contributed by atoms with van der Waals surface area (Å²) in [6, 6.07) is 1.63. The topological polar surface area (TPSA) is 70.7 Å². The molecule has 0 spiro atoms. The van der Waals surface area contributed by atoms with Gasteiger partial charge in [-0.2, -0.15) is 0 Å². The molecule has 1 atom stereocenters. The van der Waals surface area contributed by atoms with Gasteiger partial charge in [-0.05, 0) is 25.0 Å². The molecule has 5 heteroatoms. The lowest BCUT2D eigenvalue weighted by atomic mass is 10.1. The van der Waals surface area contributed by atoms with Gasteiger partial charge in [-0.1, -0.05) is 11.6 Å². The fourth-order valence-electron chi connectivity index (χ4n) is 2.43. The van der Waals surface area contributed by atoms with Crippen LogP contribution in [0.5, 0.6) is 5.75 Å². The lowest BCUT2D eigenvalue weighted by molar-refractivity contribution is 0.179. The first-order valence-corrected chi connectivity index (χ1v) is 6.04. The summed E-state index contributed by atoms with van der Waals surface area (Å²) in [7, 11) is 0. The first kappa shape index (κ1) is 11.6. The van der Waals surface area contributed by atoms with Gasteiger partial charge in [0.2, 0.25) is 5.43 Å². The van der Waals surface area contributed by atoms with Crippen molar-refractivity contribution in [3.8, 4) is 5.75 Å². The molecule has 94 valence electrons. The standard InChI is InChI=1S/C13H11ClO4/c1-5-4-8-10(13(17)11(5)14)12(16)9-6(15)2-3-7(9)18-8/h4,6,15,17H,2-3H2,1H3/t6-/m1/s1. The number of phenols is 1. The SMILES string of the molecule is Cc1cc2oc3c(c(=O)c2c(O)c1Cl)[C@H](O)CC3. The molecule has 1 aromatic heterocycles. The van der Waals surface area contributed by atoms with Crippen LogP contribution in [0.3, 0.4) is 0 Å². The van der Waals surface area contributed by atoms with Gasteiger partial charge < -0.3 is 14.6 Å². The van der Waals surface area contributed by atoms with Crippen molar-refractivity contribution in [3.05, 3.63) is 38.2 Å². The van der Waals surface area contributed by atoms with E-state index in [0.717, 1.165) is 0 Å². The number of aliphatic hydroxyl groups excluding tert-OH is 1. The molecule has 1 aromatic carbocycles. The second-order valence-corrected chi connectivity index (χ2v) is 4.93. The minimum atomic E-state index is -0.819. The molecule has 2 N–H and O–H groups in total. The molecule has 1 heterocycles. The van der Waals surface area contributed by atoms with Crippen LogP contribution in [0.2, 0.25) is 5.02 Å². The maximum atomic E-state index is 12.3. The van der Waals surface area contributed by atoms with E-state index in [1.165, 1.54) is 0 Å². The van der Waals surface area contributed by atoms with Crippen LogP contribution in [0.25, 0.3) is 11.0 Å². The highest BCUT2D eigenvalue weighted by atomic mass is 35.5. The Morgan fingerprint density at radius 1 is 1.50 bits per heavy atom. The molecular formula is C13H11ClO4. The number of rotatable bonds is 0. The first-order valence-electron chi connectivity index (χ1n) is 5.66. The second kappa shape index (κ2) is 3.73. The summed E-state index contributed by atoms with van der Waals surface area (Å²) < 4.78 is 5.59. The van der Waals surface area contributed by atoms with Crippen molar-refractivity contribution in [2.45, 2.75) is 25.9 Å². The maximum absolute atomic E-state index is 12.3. The third-order valence-corrected chi connectivity index (χ3v) is 3.85. The quantitative estimate of drug-likeness (QED) is 0.768. The van der Waals surface area contributed by atoms with Crippen LogP contribution in [-0.2, 0) is 6.42 Å². The fourth-order valence-corrected chi connectivity index (χ4v) is 2.58. The zero-order valence-corrected chi connectivity index (χ0v) is 10.4. The Labute approximate surface area is 107 Å². The average Bonchev–Trinajstić information content (AvgIpc) is 2.68. The van der Waals surface area contributed by atoms with Gasteiger partial charge in [-0.3, -0.25) is 4.79 Å². The molecule has 18 heavy (non-hydrogen) atoms.